The number of hydrogen-bond acceptors (Lipinski definition) is 4. The molecule has 0 aliphatic rings. The van der Waals surface area contributed by atoms with E-state index in [4.69, 9.17) is 15.2 Å². The minimum absolute atomic E-state index is 0.308. The number of methoxy groups -OCH3 is 1. The average Bonchev–Trinajstić information content (AvgIpc) is 2.66. The van der Waals surface area contributed by atoms with Gasteiger partial charge in [0.1, 0.15) is 5.82 Å². The molecule has 18 heavy (non-hydrogen) atoms. The molecule has 2 aromatic rings. The van der Waals surface area contributed by atoms with Crippen molar-refractivity contribution in [1.29, 1.82) is 0 Å². The average molecular weight is 247 g/mol. The highest BCUT2D eigenvalue weighted by Gasteiger charge is 2.06. The van der Waals surface area contributed by atoms with Crippen LogP contribution in [0.25, 0.3) is 0 Å². The Balaban J connectivity index is 2.13. The summed E-state index contributed by atoms with van der Waals surface area (Å²) in [5.74, 6) is 1.90. The zero-order valence-corrected chi connectivity index (χ0v) is 10.8. The van der Waals surface area contributed by atoms with E-state index in [2.05, 4.69) is 5.10 Å². The third kappa shape index (κ3) is 2.56. The van der Waals surface area contributed by atoms with Crippen LogP contribution in [0.4, 0.5) is 5.82 Å². The maximum atomic E-state index is 5.68. The molecule has 0 spiro atoms. The summed E-state index contributed by atoms with van der Waals surface area (Å²) in [6.45, 7) is 4.24. The molecular weight excluding hydrogens is 230 g/mol. The highest BCUT2D eigenvalue weighted by Crippen LogP contribution is 2.28. The van der Waals surface area contributed by atoms with E-state index in [1.807, 2.05) is 32.0 Å². The number of nitrogens with two attached hydrogens (primary N) is 1. The highest BCUT2D eigenvalue weighted by atomic mass is 16.5. The van der Waals surface area contributed by atoms with Gasteiger partial charge in [0.05, 0.1) is 7.11 Å². The van der Waals surface area contributed by atoms with Gasteiger partial charge in [-0.05, 0) is 31.5 Å². The van der Waals surface area contributed by atoms with Gasteiger partial charge in [0.15, 0.2) is 18.2 Å². The van der Waals surface area contributed by atoms with E-state index >= 15 is 0 Å². The van der Waals surface area contributed by atoms with Crippen molar-refractivity contribution in [2.75, 3.05) is 12.8 Å². The summed E-state index contributed by atoms with van der Waals surface area (Å²) >= 11 is 0. The summed E-state index contributed by atoms with van der Waals surface area (Å²) in [7, 11) is 1.62. The van der Waals surface area contributed by atoms with Gasteiger partial charge in [-0.25, -0.2) is 4.68 Å². The van der Waals surface area contributed by atoms with Crippen LogP contribution in [0, 0.1) is 13.8 Å². The van der Waals surface area contributed by atoms with Gasteiger partial charge >= 0.3 is 0 Å². The summed E-state index contributed by atoms with van der Waals surface area (Å²) < 4.78 is 12.7. The van der Waals surface area contributed by atoms with Crippen LogP contribution in [0.2, 0.25) is 0 Å². The number of nitrogens with zero attached hydrogens (tertiary/aromatic N) is 2. The van der Waals surface area contributed by atoms with Gasteiger partial charge in [-0.15, -0.1) is 0 Å². The minimum atomic E-state index is 0.308. The van der Waals surface area contributed by atoms with Crippen LogP contribution in [0.5, 0.6) is 11.5 Å². The van der Waals surface area contributed by atoms with Crippen LogP contribution in [0.1, 0.15) is 11.3 Å². The molecule has 0 radical (unpaired) electrons. The molecule has 0 aliphatic carbocycles. The van der Waals surface area contributed by atoms with Gasteiger partial charge in [-0.3, -0.25) is 0 Å². The van der Waals surface area contributed by atoms with Crippen molar-refractivity contribution in [3.8, 4) is 11.5 Å². The number of hydrogen-bond donors (Lipinski definition) is 1. The lowest BCUT2D eigenvalue weighted by Gasteiger charge is -2.11. The van der Waals surface area contributed by atoms with Crippen LogP contribution >= 0.6 is 0 Å². The Kier molecular flexibility index (Phi) is 3.41. The van der Waals surface area contributed by atoms with Gasteiger partial charge in [0, 0.05) is 11.8 Å². The van der Waals surface area contributed by atoms with E-state index < -0.39 is 0 Å². The van der Waals surface area contributed by atoms with Crippen molar-refractivity contribution in [3.63, 3.8) is 0 Å². The molecule has 2 rings (SSSR count). The number of aryl methyl sites for hydroxylation is 2. The van der Waals surface area contributed by atoms with Crippen LogP contribution in [0.15, 0.2) is 24.3 Å². The second-order valence-electron chi connectivity index (χ2n) is 4.14. The maximum Gasteiger partial charge on any atom is 0.181 e. The van der Waals surface area contributed by atoms with E-state index in [-0.39, 0.29) is 0 Å². The Morgan fingerprint density at radius 1 is 1.22 bits per heavy atom. The molecule has 1 heterocycles. The molecule has 2 N–H and O–H groups in total. The molecule has 0 unspecified atom stereocenters. The summed E-state index contributed by atoms with van der Waals surface area (Å²) in [6, 6.07) is 7.59. The van der Waals surface area contributed by atoms with Crippen molar-refractivity contribution in [2.45, 2.75) is 20.6 Å². The fourth-order valence-electron chi connectivity index (χ4n) is 1.69. The fraction of sp³-hybridized carbons (Fsp3) is 0.308. The minimum Gasteiger partial charge on any atom is -0.493 e. The summed E-state index contributed by atoms with van der Waals surface area (Å²) in [6.07, 6.45) is 0. The van der Waals surface area contributed by atoms with Gasteiger partial charge in [0.25, 0.3) is 0 Å². The Morgan fingerprint density at radius 3 is 2.61 bits per heavy atom. The quantitative estimate of drug-likeness (QED) is 0.899. The smallest absolute Gasteiger partial charge is 0.181 e. The first-order chi connectivity index (χ1) is 8.60. The Labute approximate surface area is 106 Å². The molecule has 96 valence electrons. The second kappa shape index (κ2) is 5.00. The molecule has 0 aliphatic heterocycles. The molecule has 0 bridgehead atoms. The summed E-state index contributed by atoms with van der Waals surface area (Å²) in [5.41, 5.74) is 7.69. The number of ether oxygens (including phenoxy) is 2. The first kappa shape index (κ1) is 12.3. The predicted octanol–water partition coefficient (Wildman–Crippen LogP) is 2.13. The fourth-order valence-corrected chi connectivity index (χ4v) is 1.69. The van der Waals surface area contributed by atoms with Gasteiger partial charge < -0.3 is 15.2 Å². The Morgan fingerprint density at radius 2 is 2.00 bits per heavy atom. The van der Waals surface area contributed by atoms with Crippen LogP contribution < -0.4 is 15.2 Å². The number of aromatic nitrogens is 2. The molecule has 5 heteroatoms. The Bertz CT molecular complexity index is 549. The van der Waals surface area contributed by atoms with Crippen LogP contribution in [-0.2, 0) is 6.73 Å². The van der Waals surface area contributed by atoms with Crippen molar-refractivity contribution in [1.82, 2.24) is 9.78 Å². The van der Waals surface area contributed by atoms with Crippen molar-refractivity contribution >= 4 is 5.82 Å². The zero-order chi connectivity index (χ0) is 13.1. The largest absolute Gasteiger partial charge is 0.493 e. The SMILES string of the molecule is COc1cc(C)ccc1OCn1nc(N)cc1C. The number of benzene rings is 1. The standard InChI is InChI=1S/C13H17N3O2/c1-9-4-5-11(12(6-9)17-3)18-8-16-10(2)7-13(14)15-16/h4-7H,8H2,1-3H3,(H2,14,15). The lowest BCUT2D eigenvalue weighted by Crippen LogP contribution is -2.09. The third-order valence-electron chi connectivity index (χ3n) is 2.66. The molecule has 0 fully saturated rings. The van der Waals surface area contributed by atoms with Crippen molar-refractivity contribution < 1.29 is 9.47 Å². The van der Waals surface area contributed by atoms with E-state index in [0.717, 1.165) is 11.3 Å². The van der Waals surface area contributed by atoms with E-state index in [9.17, 15) is 0 Å². The molecule has 0 amide bonds. The van der Waals surface area contributed by atoms with E-state index in [1.165, 1.54) is 0 Å². The number of anilines is 1. The first-order valence-corrected chi connectivity index (χ1v) is 5.67. The number of nitrogen functional groups attached to an aromatic ring is 1. The lowest BCUT2D eigenvalue weighted by atomic mass is 10.2. The van der Waals surface area contributed by atoms with Crippen LogP contribution in [-0.4, -0.2) is 16.9 Å². The third-order valence-corrected chi connectivity index (χ3v) is 2.66. The normalized spacial score (nSPS) is 10.4. The van der Waals surface area contributed by atoms with Gasteiger partial charge in [0.2, 0.25) is 0 Å². The monoisotopic (exact) mass is 247 g/mol. The zero-order valence-electron chi connectivity index (χ0n) is 10.8. The van der Waals surface area contributed by atoms with Crippen molar-refractivity contribution in [2.24, 2.45) is 0 Å². The Hall–Kier alpha value is -2.17. The van der Waals surface area contributed by atoms with E-state index in [0.29, 0.717) is 24.0 Å². The molecule has 0 saturated heterocycles. The van der Waals surface area contributed by atoms with Gasteiger partial charge in [-0.2, -0.15) is 5.10 Å². The summed E-state index contributed by atoms with van der Waals surface area (Å²) in [4.78, 5) is 0. The molecule has 5 nitrogen and oxygen atoms in total. The lowest BCUT2D eigenvalue weighted by molar-refractivity contribution is 0.209. The summed E-state index contributed by atoms with van der Waals surface area (Å²) in [5, 5.41) is 4.13. The molecule has 1 aromatic carbocycles. The highest BCUT2D eigenvalue weighted by molar-refractivity contribution is 5.42. The van der Waals surface area contributed by atoms with E-state index in [1.54, 1.807) is 17.9 Å². The topological polar surface area (TPSA) is 62.3 Å². The molecule has 0 atom stereocenters. The molecule has 1 aromatic heterocycles. The maximum absolute atomic E-state index is 5.68. The number of rotatable bonds is 4. The van der Waals surface area contributed by atoms with Crippen LogP contribution in [0.3, 0.4) is 0 Å². The first-order valence-electron chi connectivity index (χ1n) is 5.67. The predicted molar refractivity (Wildman–Crippen MR) is 69.7 cm³/mol. The molecule has 0 saturated carbocycles. The molecular formula is C13H17N3O2. The van der Waals surface area contributed by atoms with Gasteiger partial charge in [-0.1, -0.05) is 6.07 Å². The second-order valence-corrected chi connectivity index (χ2v) is 4.14. The van der Waals surface area contributed by atoms with Crippen molar-refractivity contribution in [3.05, 3.63) is 35.5 Å².